The highest BCUT2D eigenvalue weighted by atomic mass is 32.1. The van der Waals surface area contributed by atoms with E-state index in [1.807, 2.05) is 25.1 Å². The Kier molecular flexibility index (Phi) is 5.27. The Hall–Kier alpha value is -2.18. The van der Waals surface area contributed by atoms with Crippen LogP contribution in [0.2, 0.25) is 0 Å². The topological polar surface area (TPSA) is 61.4 Å². The van der Waals surface area contributed by atoms with Gasteiger partial charge in [0, 0.05) is 18.0 Å². The lowest BCUT2D eigenvalue weighted by Gasteiger charge is -2.35. The predicted octanol–water partition coefficient (Wildman–Crippen LogP) is 2.54. The van der Waals surface area contributed by atoms with E-state index in [1.165, 1.54) is 16.0 Å². The third-order valence-corrected chi connectivity index (χ3v) is 5.11. The molecule has 0 saturated carbocycles. The zero-order valence-electron chi connectivity index (χ0n) is 13.6. The highest BCUT2D eigenvalue weighted by Crippen LogP contribution is 2.37. The minimum atomic E-state index is -0.438. The van der Waals surface area contributed by atoms with E-state index in [9.17, 15) is 9.59 Å². The first kappa shape index (κ1) is 16.7. The molecule has 0 saturated heterocycles. The summed E-state index contributed by atoms with van der Waals surface area (Å²) in [7, 11) is 0. The molecule has 1 atom stereocenters. The molecular weight excluding hydrogens is 322 g/mol. The van der Waals surface area contributed by atoms with E-state index < -0.39 is 6.03 Å². The maximum Gasteiger partial charge on any atom is 0.321 e. The number of carbonyl (C=O) groups is 2. The minimum absolute atomic E-state index is 0.0567. The van der Waals surface area contributed by atoms with E-state index in [-0.39, 0.29) is 18.5 Å². The van der Waals surface area contributed by atoms with E-state index in [1.54, 1.807) is 11.3 Å². The summed E-state index contributed by atoms with van der Waals surface area (Å²) in [6.45, 7) is 3.31. The Morgan fingerprint density at radius 2 is 2.04 bits per heavy atom. The molecule has 1 aromatic heterocycles. The van der Waals surface area contributed by atoms with Gasteiger partial charge in [0.05, 0.1) is 12.6 Å². The van der Waals surface area contributed by atoms with Crippen molar-refractivity contribution in [1.82, 2.24) is 15.5 Å². The lowest BCUT2D eigenvalue weighted by atomic mass is 9.93. The molecule has 2 heterocycles. The number of nitrogens with zero attached hydrogens (tertiary/aromatic N) is 1. The number of thiophene rings is 1. The fraction of sp³-hybridized carbons (Fsp3) is 0.333. The van der Waals surface area contributed by atoms with Gasteiger partial charge in [0.15, 0.2) is 0 Å². The van der Waals surface area contributed by atoms with Crippen molar-refractivity contribution in [3.63, 3.8) is 0 Å². The molecule has 1 unspecified atom stereocenters. The van der Waals surface area contributed by atoms with Crippen molar-refractivity contribution in [3.8, 4) is 0 Å². The van der Waals surface area contributed by atoms with E-state index in [0.717, 1.165) is 13.0 Å². The smallest absolute Gasteiger partial charge is 0.321 e. The van der Waals surface area contributed by atoms with E-state index in [2.05, 4.69) is 39.1 Å². The van der Waals surface area contributed by atoms with Crippen LogP contribution in [-0.2, 0) is 11.2 Å². The first-order valence-corrected chi connectivity index (χ1v) is 9.00. The molecule has 5 nitrogen and oxygen atoms in total. The van der Waals surface area contributed by atoms with Crippen molar-refractivity contribution in [2.75, 3.05) is 19.6 Å². The quantitative estimate of drug-likeness (QED) is 0.897. The molecule has 24 heavy (non-hydrogen) atoms. The third-order valence-electron chi connectivity index (χ3n) is 4.12. The van der Waals surface area contributed by atoms with Gasteiger partial charge in [-0.15, -0.1) is 11.3 Å². The average molecular weight is 343 g/mol. The van der Waals surface area contributed by atoms with Crippen molar-refractivity contribution in [3.05, 3.63) is 57.8 Å². The summed E-state index contributed by atoms with van der Waals surface area (Å²) in [4.78, 5) is 27.3. The van der Waals surface area contributed by atoms with Crippen LogP contribution in [0.25, 0.3) is 0 Å². The SMILES string of the molecule is CCNC(=O)NC(=O)CN1CCc2sccc2C1c1ccccc1. The zero-order chi connectivity index (χ0) is 16.9. The number of fused-ring (bicyclic) bond motifs is 1. The minimum Gasteiger partial charge on any atom is -0.338 e. The number of imide groups is 1. The van der Waals surface area contributed by atoms with Crippen LogP contribution >= 0.6 is 11.3 Å². The summed E-state index contributed by atoms with van der Waals surface area (Å²) in [6.07, 6.45) is 0.935. The molecule has 126 valence electrons. The van der Waals surface area contributed by atoms with E-state index in [0.29, 0.717) is 6.54 Å². The maximum atomic E-state index is 12.2. The lowest BCUT2D eigenvalue weighted by Crippen LogP contribution is -2.46. The standard InChI is InChI=1S/C18H21N3O2S/c1-2-19-18(23)20-16(22)12-21-10-8-15-14(9-11-24-15)17(21)13-6-4-3-5-7-13/h3-7,9,11,17H,2,8,10,12H2,1H3,(H2,19,20,22,23). The Labute approximate surface area is 145 Å². The Balaban J connectivity index is 1.79. The number of nitrogens with one attached hydrogen (secondary N) is 2. The molecular formula is C18H21N3O2S. The molecule has 0 spiro atoms. The normalized spacial score (nSPS) is 17.1. The van der Waals surface area contributed by atoms with Crippen LogP contribution in [0.3, 0.4) is 0 Å². The summed E-state index contributed by atoms with van der Waals surface area (Å²) < 4.78 is 0. The molecule has 3 rings (SSSR count). The fourth-order valence-corrected chi connectivity index (χ4v) is 4.02. The molecule has 0 fully saturated rings. The molecule has 6 heteroatoms. The Morgan fingerprint density at radius 1 is 1.25 bits per heavy atom. The van der Waals surface area contributed by atoms with Crippen LogP contribution in [0.15, 0.2) is 41.8 Å². The summed E-state index contributed by atoms with van der Waals surface area (Å²) in [5.74, 6) is -0.277. The van der Waals surface area contributed by atoms with Gasteiger partial charge in [0.1, 0.15) is 0 Å². The van der Waals surface area contributed by atoms with Gasteiger partial charge in [-0.3, -0.25) is 15.0 Å². The van der Waals surface area contributed by atoms with E-state index >= 15 is 0 Å². The van der Waals surface area contributed by atoms with Gasteiger partial charge in [-0.25, -0.2) is 4.79 Å². The van der Waals surface area contributed by atoms with Gasteiger partial charge in [-0.1, -0.05) is 30.3 Å². The van der Waals surface area contributed by atoms with Crippen LogP contribution in [-0.4, -0.2) is 36.5 Å². The highest BCUT2D eigenvalue weighted by molar-refractivity contribution is 7.10. The summed E-state index contributed by atoms with van der Waals surface area (Å²) in [5, 5.41) is 7.08. The number of hydrogen-bond acceptors (Lipinski definition) is 4. The number of urea groups is 1. The number of benzene rings is 1. The molecule has 1 aromatic carbocycles. The molecule has 0 bridgehead atoms. The molecule has 1 aliphatic rings. The molecule has 2 N–H and O–H groups in total. The van der Waals surface area contributed by atoms with Gasteiger partial charge >= 0.3 is 6.03 Å². The van der Waals surface area contributed by atoms with Crippen LogP contribution in [0.4, 0.5) is 4.79 Å². The second-order valence-corrected chi connectivity index (χ2v) is 6.74. The third kappa shape index (κ3) is 3.66. The Morgan fingerprint density at radius 3 is 2.79 bits per heavy atom. The van der Waals surface area contributed by atoms with Gasteiger partial charge in [-0.2, -0.15) is 0 Å². The second kappa shape index (κ2) is 7.59. The van der Waals surface area contributed by atoms with Crippen molar-refractivity contribution in [2.24, 2.45) is 0 Å². The largest absolute Gasteiger partial charge is 0.338 e. The molecule has 1 aliphatic heterocycles. The van der Waals surface area contributed by atoms with Crippen molar-refractivity contribution >= 4 is 23.3 Å². The fourth-order valence-electron chi connectivity index (χ4n) is 3.12. The molecule has 2 aromatic rings. The summed E-state index contributed by atoms with van der Waals surface area (Å²) >= 11 is 1.77. The maximum absolute atomic E-state index is 12.2. The average Bonchev–Trinajstić information content (AvgIpc) is 3.04. The van der Waals surface area contributed by atoms with Crippen molar-refractivity contribution in [2.45, 2.75) is 19.4 Å². The number of rotatable bonds is 4. The lowest BCUT2D eigenvalue weighted by molar-refractivity contribution is -0.121. The first-order chi connectivity index (χ1) is 11.7. The molecule has 0 radical (unpaired) electrons. The molecule has 0 aliphatic carbocycles. The Bertz CT molecular complexity index is 714. The summed E-state index contributed by atoms with van der Waals surface area (Å²) in [6, 6.07) is 12.0. The zero-order valence-corrected chi connectivity index (χ0v) is 14.4. The number of amides is 3. The van der Waals surface area contributed by atoms with Crippen LogP contribution in [0, 0.1) is 0 Å². The highest BCUT2D eigenvalue weighted by Gasteiger charge is 2.30. The van der Waals surface area contributed by atoms with Gasteiger partial charge < -0.3 is 5.32 Å². The predicted molar refractivity (Wildman–Crippen MR) is 95.1 cm³/mol. The summed E-state index contributed by atoms with van der Waals surface area (Å²) in [5.41, 5.74) is 2.44. The molecule has 3 amide bonds. The van der Waals surface area contributed by atoms with Crippen molar-refractivity contribution in [1.29, 1.82) is 0 Å². The monoisotopic (exact) mass is 343 g/mol. The number of carbonyl (C=O) groups excluding carboxylic acids is 2. The second-order valence-electron chi connectivity index (χ2n) is 5.74. The van der Waals surface area contributed by atoms with Crippen LogP contribution < -0.4 is 10.6 Å². The van der Waals surface area contributed by atoms with Crippen molar-refractivity contribution < 1.29 is 9.59 Å². The van der Waals surface area contributed by atoms with Crippen LogP contribution in [0.5, 0.6) is 0 Å². The van der Waals surface area contributed by atoms with Gasteiger partial charge in [-0.05, 0) is 35.9 Å². The first-order valence-electron chi connectivity index (χ1n) is 8.12. The van der Waals surface area contributed by atoms with E-state index in [4.69, 9.17) is 0 Å². The van der Waals surface area contributed by atoms with Crippen LogP contribution in [0.1, 0.15) is 29.0 Å². The van der Waals surface area contributed by atoms with Gasteiger partial charge in [0.2, 0.25) is 5.91 Å². The number of hydrogen-bond donors (Lipinski definition) is 2. The van der Waals surface area contributed by atoms with Gasteiger partial charge in [0.25, 0.3) is 0 Å².